The van der Waals surface area contributed by atoms with Crippen LogP contribution in [0.4, 0.5) is 0 Å². The topological polar surface area (TPSA) is 72.9 Å². The molecule has 0 saturated carbocycles. The van der Waals surface area contributed by atoms with Crippen molar-refractivity contribution in [3.05, 3.63) is 21.9 Å². The van der Waals surface area contributed by atoms with E-state index in [9.17, 15) is 13.5 Å². The molecule has 6 nitrogen and oxygen atoms in total. The Morgan fingerprint density at radius 1 is 1.38 bits per heavy atom. The second-order valence-corrected chi connectivity index (χ2v) is 10.2. The standard InChI is InChI=1S/C16H29N3O3S2/c1-12(2)9-13-5-6-14(23-13)10-19-8-7-15(16(20)11-19)17-24(21,22)18(3)4/h5-6,12,15-17,20H,7-11H2,1-4H3/t15-,16-/m1/s1. The summed E-state index contributed by atoms with van der Waals surface area (Å²) in [5.74, 6) is 0.652. The first-order valence-corrected chi connectivity index (χ1v) is 10.6. The largest absolute Gasteiger partial charge is 0.390 e. The van der Waals surface area contributed by atoms with E-state index >= 15 is 0 Å². The molecule has 1 aliphatic heterocycles. The van der Waals surface area contributed by atoms with Crippen molar-refractivity contribution in [2.24, 2.45) is 5.92 Å². The fraction of sp³-hybridized carbons (Fsp3) is 0.750. The minimum Gasteiger partial charge on any atom is -0.390 e. The van der Waals surface area contributed by atoms with Gasteiger partial charge in [0.05, 0.1) is 12.1 Å². The lowest BCUT2D eigenvalue weighted by atomic mass is 10.0. The van der Waals surface area contributed by atoms with Crippen LogP contribution in [0.1, 0.15) is 30.0 Å². The van der Waals surface area contributed by atoms with Gasteiger partial charge in [-0.05, 0) is 30.9 Å². The van der Waals surface area contributed by atoms with Gasteiger partial charge >= 0.3 is 0 Å². The van der Waals surface area contributed by atoms with Crippen LogP contribution in [0.2, 0.25) is 0 Å². The van der Waals surface area contributed by atoms with Gasteiger partial charge in [-0.25, -0.2) is 0 Å². The molecule has 1 saturated heterocycles. The second-order valence-electron chi connectivity index (χ2n) is 7.07. The molecule has 1 aliphatic rings. The number of likely N-dealkylation sites (tertiary alicyclic amines) is 1. The monoisotopic (exact) mass is 375 g/mol. The highest BCUT2D eigenvalue weighted by atomic mass is 32.2. The molecular formula is C16H29N3O3S2. The van der Waals surface area contributed by atoms with E-state index < -0.39 is 22.4 Å². The molecule has 0 radical (unpaired) electrons. The first-order valence-electron chi connectivity index (χ1n) is 8.35. The number of hydrogen-bond acceptors (Lipinski definition) is 5. The number of hydrogen-bond donors (Lipinski definition) is 2. The van der Waals surface area contributed by atoms with Crippen molar-refractivity contribution in [1.29, 1.82) is 0 Å². The van der Waals surface area contributed by atoms with Crippen LogP contribution in [0.25, 0.3) is 0 Å². The fourth-order valence-electron chi connectivity index (χ4n) is 2.81. The molecule has 0 aromatic carbocycles. The summed E-state index contributed by atoms with van der Waals surface area (Å²) < 4.78 is 27.5. The summed E-state index contributed by atoms with van der Waals surface area (Å²) in [6.45, 7) is 6.50. The number of β-amino-alcohol motifs (C(OH)–C–C–N with tert-alkyl or cyclic N) is 1. The zero-order valence-electron chi connectivity index (χ0n) is 14.9. The normalized spacial score (nSPS) is 23.3. The van der Waals surface area contributed by atoms with E-state index in [-0.39, 0.29) is 0 Å². The molecule has 0 bridgehead atoms. The summed E-state index contributed by atoms with van der Waals surface area (Å²) in [5, 5.41) is 10.3. The van der Waals surface area contributed by atoms with Crippen LogP contribution in [0.15, 0.2) is 12.1 Å². The van der Waals surface area contributed by atoms with E-state index in [0.717, 1.165) is 23.8 Å². The van der Waals surface area contributed by atoms with Gasteiger partial charge in [0, 0.05) is 43.5 Å². The Labute approximate surface area is 149 Å². The summed E-state index contributed by atoms with van der Waals surface area (Å²) in [5.41, 5.74) is 0. The van der Waals surface area contributed by atoms with Gasteiger partial charge in [0.2, 0.25) is 0 Å². The average Bonchev–Trinajstić information content (AvgIpc) is 2.88. The summed E-state index contributed by atoms with van der Waals surface area (Å²) in [4.78, 5) is 4.88. The van der Waals surface area contributed by atoms with Crippen molar-refractivity contribution in [3.8, 4) is 0 Å². The quantitative estimate of drug-likeness (QED) is 0.753. The minimum absolute atomic E-state index is 0.423. The van der Waals surface area contributed by atoms with E-state index in [1.54, 1.807) is 0 Å². The first kappa shape index (κ1) is 19.8. The molecule has 0 unspecified atom stereocenters. The summed E-state index contributed by atoms with van der Waals surface area (Å²) >= 11 is 1.83. The molecule has 2 atom stereocenters. The van der Waals surface area contributed by atoms with Crippen LogP contribution in [0.3, 0.4) is 0 Å². The van der Waals surface area contributed by atoms with Gasteiger partial charge in [-0.2, -0.15) is 17.4 Å². The van der Waals surface area contributed by atoms with Crippen LogP contribution in [0, 0.1) is 5.92 Å². The summed E-state index contributed by atoms with van der Waals surface area (Å²) in [6, 6.07) is 3.93. The Morgan fingerprint density at radius 2 is 2.04 bits per heavy atom. The number of thiophene rings is 1. The second kappa shape index (κ2) is 8.25. The number of aliphatic hydroxyl groups is 1. The minimum atomic E-state index is -3.51. The predicted molar refractivity (Wildman–Crippen MR) is 98.3 cm³/mol. The Hall–Kier alpha value is -0.510. The van der Waals surface area contributed by atoms with Crippen molar-refractivity contribution >= 4 is 21.5 Å². The lowest BCUT2D eigenvalue weighted by molar-refractivity contribution is 0.0446. The molecule has 0 amide bonds. The number of rotatable bonds is 7. The van der Waals surface area contributed by atoms with Gasteiger partial charge in [-0.15, -0.1) is 11.3 Å². The Bertz CT molecular complexity index is 628. The van der Waals surface area contributed by atoms with Crippen LogP contribution >= 0.6 is 11.3 Å². The fourth-order valence-corrected chi connectivity index (χ4v) is 4.96. The highest BCUT2D eigenvalue weighted by Gasteiger charge is 2.31. The zero-order chi connectivity index (χ0) is 17.9. The number of nitrogens with zero attached hydrogens (tertiary/aromatic N) is 2. The molecule has 138 valence electrons. The molecule has 24 heavy (non-hydrogen) atoms. The number of piperidine rings is 1. The van der Waals surface area contributed by atoms with E-state index in [4.69, 9.17) is 0 Å². The number of aliphatic hydroxyl groups excluding tert-OH is 1. The molecule has 1 fully saturated rings. The lowest BCUT2D eigenvalue weighted by Gasteiger charge is -2.36. The molecule has 2 rings (SSSR count). The van der Waals surface area contributed by atoms with Gasteiger partial charge in [0.15, 0.2) is 0 Å². The first-order chi connectivity index (χ1) is 11.2. The van der Waals surface area contributed by atoms with Crippen LogP contribution in [-0.2, 0) is 23.2 Å². The Kier molecular flexibility index (Phi) is 6.81. The molecular weight excluding hydrogens is 346 g/mol. The highest BCUT2D eigenvalue weighted by molar-refractivity contribution is 7.87. The summed E-state index contributed by atoms with van der Waals surface area (Å²) in [6.07, 6.45) is 1.02. The molecule has 8 heteroatoms. The van der Waals surface area contributed by atoms with E-state index in [1.807, 2.05) is 11.3 Å². The third-order valence-electron chi connectivity index (χ3n) is 4.15. The maximum atomic E-state index is 11.9. The lowest BCUT2D eigenvalue weighted by Crippen LogP contribution is -2.55. The highest BCUT2D eigenvalue weighted by Crippen LogP contribution is 2.23. The van der Waals surface area contributed by atoms with Crippen molar-refractivity contribution in [3.63, 3.8) is 0 Å². The van der Waals surface area contributed by atoms with Gasteiger partial charge in [0.25, 0.3) is 10.2 Å². The maximum absolute atomic E-state index is 11.9. The van der Waals surface area contributed by atoms with E-state index in [0.29, 0.717) is 18.9 Å². The Morgan fingerprint density at radius 3 is 2.62 bits per heavy atom. The maximum Gasteiger partial charge on any atom is 0.279 e. The molecule has 2 N–H and O–H groups in total. The van der Waals surface area contributed by atoms with E-state index in [1.165, 1.54) is 23.8 Å². The number of nitrogens with one attached hydrogen (secondary N) is 1. The third-order valence-corrected chi connectivity index (χ3v) is 6.81. The van der Waals surface area contributed by atoms with Crippen LogP contribution in [-0.4, -0.2) is 62.1 Å². The average molecular weight is 376 g/mol. The van der Waals surface area contributed by atoms with Crippen molar-refractivity contribution in [1.82, 2.24) is 13.9 Å². The summed E-state index contributed by atoms with van der Waals surface area (Å²) in [7, 11) is -0.545. The molecule has 1 aromatic rings. The van der Waals surface area contributed by atoms with Crippen LogP contribution < -0.4 is 4.72 Å². The zero-order valence-corrected chi connectivity index (χ0v) is 16.5. The smallest absolute Gasteiger partial charge is 0.279 e. The Balaban J connectivity index is 1.88. The van der Waals surface area contributed by atoms with Gasteiger partial charge < -0.3 is 5.11 Å². The molecule has 0 spiro atoms. The van der Waals surface area contributed by atoms with Crippen molar-refractivity contribution < 1.29 is 13.5 Å². The van der Waals surface area contributed by atoms with Gasteiger partial charge in [-0.1, -0.05) is 13.8 Å². The molecule has 0 aliphatic carbocycles. The van der Waals surface area contributed by atoms with Gasteiger partial charge in [-0.3, -0.25) is 4.90 Å². The van der Waals surface area contributed by atoms with E-state index in [2.05, 4.69) is 35.6 Å². The van der Waals surface area contributed by atoms with Crippen molar-refractivity contribution in [2.75, 3.05) is 27.2 Å². The SMILES string of the molecule is CC(C)Cc1ccc(CN2CC[C@@H](NS(=O)(=O)N(C)C)[C@H](O)C2)s1. The van der Waals surface area contributed by atoms with Gasteiger partial charge in [0.1, 0.15) is 0 Å². The third kappa shape index (κ3) is 5.50. The predicted octanol–water partition coefficient (Wildman–Crippen LogP) is 1.28. The van der Waals surface area contributed by atoms with Crippen molar-refractivity contribution in [2.45, 2.75) is 45.4 Å². The molecule has 1 aromatic heterocycles. The molecule has 2 heterocycles. The van der Waals surface area contributed by atoms with Crippen LogP contribution in [0.5, 0.6) is 0 Å².